The Balaban J connectivity index is 1.39. The first-order valence-corrected chi connectivity index (χ1v) is 15.3. The molecule has 0 radical (unpaired) electrons. The van der Waals surface area contributed by atoms with Crippen LogP contribution in [0, 0.1) is 17.2 Å². The number of fused-ring (bicyclic) bond motifs is 2. The number of nitriles is 1. The van der Waals surface area contributed by atoms with Gasteiger partial charge >= 0.3 is 0 Å². The van der Waals surface area contributed by atoms with E-state index in [2.05, 4.69) is 35.6 Å². The van der Waals surface area contributed by atoms with Crippen molar-refractivity contribution in [3.8, 4) is 6.07 Å². The number of aliphatic imine (C=N–C) groups is 1. The maximum absolute atomic E-state index is 16.2. The molecule has 3 aliphatic heterocycles. The fraction of sp³-hybridized carbons (Fsp3) is 0.500. The lowest BCUT2D eigenvalue weighted by molar-refractivity contribution is -0.128. The molecule has 5 aliphatic rings. The number of carbonyl (C=O) groups excluding carboxylic acids is 1. The topological polar surface area (TPSA) is 72.2 Å². The molecule has 220 valence electrons. The number of rotatable bonds is 5. The molecule has 1 aromatic carbocycles. The van der Waals surface area contributed by atoms with Crippen molar-refractivity contribution in [1.82, 2.24) is 14.7 Å². The van der Waals surface area contributed by atoms with E-state index in [1.807, 2.05) is 25.1 Å². The molecular formula is C34H40FN5O2. The van der Waals surface area contributed by atoms with Crippen molar-refractivity contribution in [1.29, 1.82) is 5.26 Å². The van der Waals surface area contributed by atoms with Gasteiger partial charge in [0, 0.05) is 48.9 Å². The quantitative estimate of drug-likeness (QED) is 0.476. The Hall–Kier alpha value is -3.70. The van der Waals surface area contributed by atoms with Crippen LogP contribution < -0.4 is 0 Å². The summed E-state index contributed by atoms with van der Waals surface area (Å²) < 4.78 is 22.5. The number of ether oxygens (including phenoxy) is 1. The molecule has 42 heavy (non-hydrogen) atoms. The van der Waals surface area contributed by atoms with Crippen LogP contribution >= 0.6 is 0 Å². The summed E-state index contributed by atoms with van der Waals surface area (Å²) in [5, 5.41) is 10.5. The Morgan fingerprint density at radius 1 is 1.21 bits per heavy atom. The fourth-order valence-electron chi connectivity index (χ4n) is 7.35. The van der Waals surface area contributed by atoms with E-state index in [1.165, 1.54) is 17.2 Å². The highest BCUT2D eigenvalue weighted by atomic mass is 19.1. The summed E-state index contributed by atoms with van der Waals surface area (Å²) in [4.78, 5) is 23.6. The van der Waals surface area contributed by atoms with Crippen molar-refractivity contribution < 1.29 is 13.9 Å². The van der Waals surface area contributed by atoms with E-state index in [-0.39, 0.29) is 23.8 Å². The fourth-order valence-corrected chi connectivity index (χ4v) is 7.35. The number of likely N-dealkylation sites (tertiary alicyclic amines) is 1. The molecule has 2 unspecified atom stereocenters. The van der Waals surface area contributed by atoms with Crippen molar-refractivity contribution in [2.45, 2.75) is 63.6 Å². The Bertz CT molecular complexity index is 1440. The van der Waals surface area contributed by atoms with Crippen molar-refractivity contribution in [3.63, 3.8) is 0 Å². The van der Waals surface area contributed by atoms with Crippen molar-refractivity contribution in [2.24, 2.45) is 10.9 Å². The summed E-state index contributed by atoms with van der Waals surface area (Å²) in [6.07, 6.45) is 11.4. The number of carbonyl (C=O) groups is 1. The van der Waals surface area contributed by atoms with E-state index < -0.39 is 12.0 Å². The van der Waals surface area contributed by atoms with Crippen molar-refractivity contribution >= 4 is 17.4 Å². The highest BCUT2D eigenvalue weighted by Crippen LogP contribution is 2.43. The molecule has 4 atom stereocenters. The SMILES string of the molecule is C=CC(=O)N1CCN(C2=C(C#N)C(OC[C@@H]3CCCN3C)=NC3C=C(c4cccc5c4CCCC5)C(F)=CC23)[C@@H](C)C1. The summed E-state index contributed by atoms with van der Waals surface area (Å²) in [6.45, 7) is 8.68. The Labute approximate surface area is 248 Å². The van der Waals surface area contributed by atoms with Gasteiger partial charge in [0.05, 0.1) is 6.04 Å². The molecule has 0 spiro atoms. The zero-order valence-corrected chi connectivity index (χ0v) is 24.7. The maximum Gasteiger partial charge on any atom is 0.246 e. The third kappa shape index (κ3) is 5.20. The van der Waals surface area contributed by atoms with Crippen molar-refractivity contribution in [2.75, 3.05) is 39.8 Å². The van der Waals surface area contributed by atoms with Crippen LogP contribution in [0.4, 0.5) is 4.39 Å². The Kier molecular flexibility index (Phi) is 8.04. The normalized spacial score (nSPS) is 27.8. The molecule has 2 aliphatic carbocycles. The van der Waals surface area contributed by atoms with Gasteiger partial charge in [-0.2, -0.15) is 5.26 Å². The molecule has 3 heterocycles. The lowest BCUT2D eigenvalue weighted by Crippen LogP contribution is -2.55. The third-order valence-electron chi connectivity index (χ3n) is 9.65. The zero-order valence-electron chi connectivity index (χ0n) is 24.7. The number of nitrogens with zero attached hydrogens (tertiary/aromatic N) is 5. The lowest BCUT2D eigenvalue weighted by Gasteiger charge is -2.46. The van der Waals surface area contributed by atoms with Crippen LogP contribution in [0.1, 0.15) is 49.3 Å². The zero-order chi connectivity index (χ0) is 29.4. The molecule has 0 saturated carbocycles. The number of amides is 1. The number of piperazine rings is 1. The van der Waals surface area contributed by atoms with Gasteiger partial charge in [-0.15, -0.1) is 0 Å². The van der Waals surface area contributed by atoms with Crippen LogP contribution in [-0.4, -0.2) is 84.5 Å². The van der Waals surface area contributed by atoms with E-state index in [9.17, 15) is 10.1 Å². The lowest BCUT2D eigenvalue weighted by atomic mass is 9.79. The molecule has 0 aromatic heterocycles. The summed E-state index contributed by atoms with van der Waals surface area (Å²) in [5.41, 5.74) is 5.19. The number of hydrogen-bond donors (Lipinski definition) is 0. The third-order valence-corrected chi connectivity index (χ3v) is 9.65. The van der Waals surface area contributed by atoms with Gasteiger partial charge in [0.1, 0.15) is 24.1 Å². The second-order valence-corrected chi connectivity index (χ2v) is 12.2. The number of benzene rings is 1. The number of allylic oxidation sites excluding steroid dienone is 2. The van der Waals surface area contributed by atoms with Gasteiger partial charge in [0.25, 0.3) is 0 Å². The Morgan fingerprint density at radius 3 is 2.79 bits per heavy atom. The number of dihydropyridines is 1. The molecule has 6 rings (SSSR count). The van der Waals surface area contributed by atoms with Crippen LogP contribution in [0.15, 0.2) is 65.1 Å². The van der Waals surface area contributed by atoms with Gasteiger partial charge in [-0.1, -0.05) is 24.8 Å². The number of likely N-dealkylation sites (N-methyl/N-ethyl adjacent to an activating group) is 1. The van der Waals surface area contributed by atoms with Gasteiger partial charge in [-0.05, 0) is 94.0 Å². The van der Waals surface area contributed by atoms with E-state index in [1.54, 1.807) is 11.0 Å². The molecule has 8 heteroatoms. The van der Waals surface area contributed by atoms with Crippen LogP contribution in [-0.2, 0) is 22.4 Å². The molecule has 1 amide bonds. The maximum atomic E-state index is 16.2. The van der Waals surface area contributed by atoms with E-state index in [0.717, 1.165) is 56.3 Å². The first-order chi connectivity index (χ1) is 20.4. The van der Waals surface area contributed by atoms with Crippen LogP contribution in [0.25, 0.3) is 5.57 Å². The van der Waals surface area contributed by atoms with E-state index in [4.69, 9.17) is 9.73 Å². The Morgan fingerprint density at radius 2 is 2.05 bits per heavy atom. The van der Waals surface area contributed by atoms with Gasteiger partial charge < -0.3 is 19.4 Å². The molecular weight excluding hydrogens is 529 g/mol. The predicted molar refractivity (Wildman–Crippen MR) is 162 cm³/mol. The summed E-state index contributed by atoms with van der Waals surface area (Å²) in [6, 6.07) is 8.39. The summed E-state index contributed by atoms with van der Waals surface area (Å²) in [5.74, 6) is -0.475. The average molecular weight is 570 g/mol. The smallest absolute Gasteiger partial charge is 0.246 e. The molecule has 7 nitrogen and oxygen atoms in total. The molecule has 1 aromatic rings. The van der Waals surface area contributed by atoms with Gasteiger partial charge in [-0.25, -0.2) is 9.38 Å². The monoisotopic (exact) mass is 569 g/mol. The average Bonchev–Trinajstić information content (AvgIpc) is 3.42. The second-order valence-electron chi connectivity index (χ2n) is 12.2. The van der Waals surface area contributed by atoms with E-state index >= 15 is 4.39 Å². The summed E-state index contributed by atoms with van der Waals surface area (Å²) >= 11 is 0. The highest BCUT2D eigenvalue weighted by molar-refractivity contribution is 6.00. The highest BCUT2D eigenvalue weighted by Gasteiger charge is 2.41. The van der Waals surface area contributed by atoms with Gasteiger partial charge in [0.15, 0.2) is 0 Å². The minimum Gasteiger partial charge on any atom is -0.475 e. The number of aryl methyl sites for hydroxylation is 1. The molecule has 0 bridgehead atoms. The minimum absolute atomic E-state index is 0.0788. The predicted octanol–water partition coefficient (Wildman–Crippen LogP) is 4.82. The van der Waals surface area contributed by atoms with Gasteiger partial charge in [-0.3, -0.25) is 4.79 Å². The standard InChI is InChI=1S/C34H40FN5O2/c1-4-32(41)39-15-16-40(22(2)20-39)33-28-17-30(35)27(26-13-7-10-23-9-5-6-12-25(23)26)18-31(28)37-34(29(33)19-36)42-21-24-11-8-14-38(24)3/h4,7,10,13,17-18,22,24,28,31H,1,5-6,8-9,11-12,14-16,20-21H2,2-3H3/t22-,24-,28?,31?/m0/s1. The number of hydrogen-bond acceptors (Lipinski definition) is 6. The van der Waals surface area contributed by atoms with Crippen molar-refractivity contribution in [3.05, 3.63) is 76.8 Å². The molecule has 2 fully saturated rings. The first-order valence-electron chi connectivity index (χ1n) is 15.3. The molecule has 2 saturated heterocycles. The van der Waals surface area contributed by atoms with Crippen LogP contribution in [0.3, 0.4) is 0 Å². The minimum atomic E-state index is -0.437. The number of halogens is 1. The second kappa shape index (κ2) is 11.9. The molecule has 0 N–H and O–H groups in total. The van der Waals surface area contributed by atoms with Crippen LogP contribution in [0.5, 0.6) is 0 Å². The first kappa shape index (κ1) is 28.4. The largest absolute Gasteiger partial charge is 0.475 e. The van der Waals surface area contributed by atoms with Crippen LogP contribution in [0.2, 0.25) is 0 Å². The summed E-state index contributed by atoms with van der Waals surface area (Å²) in [7, 11) is 2.10. The van der Waals surface area contributed by atoms with Gasteiger partial charge in [0.2, 0.25) is 11.8 Å². The van der Waals surface area contributed by atoms with E-state index in [0.29, 0.717) is 43.3 Å².